The molecule has 2 atom stereocenters. The highest BCUT2D eigenvalue weighted by Crippen LogP contribution is 2.24. The topological polar surface area (TPSA) is 93.7 Å². The summed E-state index contributed by atoms with van der Waals surface area (Å²) in [7, 11) is 0. The first-order valence-electron chi connectivity index (χ1n) is 12.5. The molecule has 2 amide bonds. The van der Waals surface area contributed by atoms with Gasteiger partial charge in [0, 0.05) is 10.5 Å². The minimum atomic E-state index is -0.890. The maximum atomic E-state index is 13.4. The summed E-state index contributed by atoms with van der Waals surface area (Å²) < 4.78 is 10.8. The largest absolute Gasteiger partial charge is 0.459 e. The highest BCUT2D eigenvalue weighted by molar-refractivity contribution is 8.00. The van der Waals surface area contributed by atoms with E-state index in [-0.39, 0.29) is 11.4 Å². The van der Waals surface area contributed by atoms with Crippen molar-refractivity contribution in [3.63, 3.8) is 0 Å². The van der Waals surface area contributed by atoms with Crippen LogP contribution in [0.4, 0.5) is 4.79 Å². The van der Waals surface area contributed by atoms with Gasteiger partial charge in [-0.2, -0.15) is 11.8 Å². The van der Waals surface area contributed by atoms with Crippen molar-refractivity contribution >= 4 is 29.7 Å². The predicted octanol–water partition coefficient (Wildman–Crippen LogP) is 5.27. The van der Waals surface area contributed by atoms with Gasteiger partial charge in [0.2, 0.25) is 5.91 Å². The monoisotopic (exact) mass is 528 g/mol. The van der Waals surface area contributed by atoms with Gasteiger partial charge in [0.1, 0.15) is 24.3 Å². The maximum absolute atomic E-state index is 13.4. The van der Waals surface area contributed by atoms with E-state index >= 15 is 0 Å². The second-order valence-electron chi connectivity index (χ2n) is 10.8. The first-order valence-corrected chi connectivity index (χ1v) is 13.5. The van der Waals surface area contributed by atoms with Gasteiger partial charge in [0.05, 0.1) is 0 Å². The Morgan fingerprint density at radius 2 is 1.38 bits per heavy atom. The van der Waals surface area contributed by atoms with Gasteiger partial charge >= 0.3 is 12.1 Å². The Bertz CT molecular complexity index is 1000. The zero-order chi connectivity index (χ0) is 27.5. The molecule has 0 fully saturated rings. The Morgan fingerprint density at radius 3 is 1.92 bits per heavy atom. The molecule has 2 aromatic carbocycles. The van der Waals surface area contributed by atoms with Crippen LogP contribution in [0.3, 0.4) is 0 Å². The number of thioether (sulfide) groups is 1. The van der Waals surface area contributed by atoms with Gasteiger partial charge in [-0.1, -0.05) is 81.4 Å². The Labute approximate surface area is 225 Å². The molecule has 7 nitrogen and oxygen atoms in total. The van der Waals surface area contributed by atoms with Crippen LogP contribution in [-0.4, -0.2) is 46.2 Å². The van der Waals surface area contributed by atoms with Crippen molar-refractivity contribution in [2.75, 3.05) is 5.75 Å². The molecular formula is C29H40N2O5S. The number of aryl methyl sites for hydroxylation is 1. The van der Waals surface area contributed by atoms with E-state index in [1.54, 1.807) is 32.5 Å². The smallest absolute Gasteiger partial charge is 0.408 e. The van der Waals surface area contributed by atoms with E-state index in [1.165, 1.54) is 0 Å². The van der Waals surface area contributed by atoms with Gasteiger partial charge in [0.25, 0.3) is 0 Å². The van der Waals surface area contributed by atoms with Crippen molar-refractivity contribution in [3.8, 4) is 0 Å². The lowest BCUT2D eigenvalue weighted by atomic mass is 10.0. The molecule has 2 rings (SSSR count). The van der Waals surface area contributed by atoms with Crippen molar-refractivity contribution in [2.24, 2.45) is 0 Å². The molecule has 2 aromatic rings. The first kappa shape index (κ1) is 30.2. The van der Waals surface area contributed by atoms with E-state index in [4.69, 9.17) is 9.47 Å². The van der Waals surface area contributed by atoms with Crippen LogP contribution in [0.15, 0.2) is 60.7 Å². The van der Waals surface area contributed by atoms with E-state index in [1.807, 2.05) is 81.4 Å². The summed E-state index contributed by atoms with van der Waals surface area (Å²) in [5.41, 5.74) is 1.18. The van der Waals surface area contributed by atoms with Crippen molar-refractivity contribution in [1.82, 2.24) is 10.6 Å². The first-order chi connectivity index (χ1) is 17.3. The molecule has 0 aromatic heterocycles. The van der Waals surface area contributed by atoms with Crippen LogP contribution >= 0.6 is 11.8 Å². The number of amides is 2. The minimum absolute atomic E-state index is 0.111. The molecule has 0 radical (unpaired) electrons. The van der Waals surface area contributed by atoms with Crippen molar-refractivity contribution < 1.29 is 23.9 Å². The molecule has 2 N–H and O–H groups in total. The number of esters is 1. The summed E-state index contributed by atoms with van der Waals surface area (Å²) in [6.07, 6.45) is 0.218. The fourth-order valence-electron chi connectivity index (χ4n) is 3.28. The highest BCUT2D eigenvalue weighted by Gasteiger charge is 2.30. The normalized spacial score (nSPS) is 13.2. The summed E-state index contributed by atoms with van der Waals surface area (Å²) >= 11 is 1.55. The number of carbonyl (C=O) groups excluding carboxylic acids is 3. The Kier molecular flexibility index (Phi) is 11.5. The standard InChI is InChI=1S/C29H40N2O5S/c1-28(2,3)36-27(34)31-23(18-17-21-13-9-7-10-14-21)25(32)30-24(20-37-29(4,5)6)26(33)35-19-22-15-11-8-12-16-22/h7-16,23-24H,17-20H2,1-6H3,(H,30,32)(H,31,34). The van der Waals surface area contributed by atoms with E-state index in [2.05, 4.69) is 10.6 Å². The molecule has 0 heterocycles. The van der Waals surface area contributed by atoms with Gasteiger partial charge in [-0.25, -0.2) is 9.59 Å². The zero-order valence-electron chi connectivity index (χ0n) is 22.7. The lowest BCUT2D eigenvalue weighted by Gasteiger charge is -2.26. The number of ether oxygens (including phenoxy) is 2. The Morgan fingerprint density at radius 1 is 0.811 bits per heavy atom. The molecule has 202 valence electrons. The Hall–Kier alpha value is -3.00. The zero-order valence-corrected chi connectivity index (χ0v) is 23.5. The van der Waals surface area contributed by atoms with Crippen LogP contribution in [0, 0.1) is 0 Å². The number of benzene rings is 2. The van der Waals surface area contributed by atoms with E-state index in [0.717, 1.165) is 11.1 Å². The molecule has 0 saturated carbocycles. The molecule has 0 aliphatic heterocycles. The fourth-order valence-corrected chi connectivity index (χ4v) is 4.16. The third-order valence-corrected chi connectivity index (χ3v) is 6.45. The lowest BCUT2D eigenvalue weighted by molar-refractivity contribution is -0.148. The summed E-state index contributed by atoms with van der Waals surface area (Å²) in [6, 6.07) is 17.3. The third-order valence-electron chi connectivity index (χ3n) is 5.08. The van der Waals surface area contributed by atoms with Crippen LogP contribution in [0.2, 0.25) is 0 Å². The second-order valence-corrected chi connectivity index (χ2v) is 12.6. The van der Waals surface area contributed by atoms with Gasteiger partial charge < -0.3 is 20.1 Å². The van der Waals surface area contributed by atoms with Crippen LogP contribution in [-0.2, 0) is 32.1 Å². The van der Waals surface area contributed by atoms with Crippen molar-refractivity contribution in [3.05, 3.63) is 71.8 Å². The van der Waals surface area contributed by atoms with Crippen LogP contribution in [0.25, 0.3) is 0 Å². The summed E-state index contributed by atoms with van der Waals surface area (Å²) in [5, 5.41) is 5.51. The molecule has 0 aliphatic rings. The number of hydrogen-bond acceptors (Lipinski definition) is 6. The van der Waals surface area contributed by atoms with Gasteiger partial charge in [-0.15, -0.1) is 0 Å². The maximum Gasteiger partial charge on any atom is 0.408 e. The molecule has 0 saturated heterocycles. The molecule has 2 unspecified atom stereocenters. The summed E-state index contributed by atoms with van der Waals surface area (Å²) in [4.78, 5) is 38.9. The van der Waals surface area contributed by atoms with Crippen molar-refractivity contribution in [2.45, 2.75) is 83.4 Å². The molecule has 0 bridgehead atoms. The lowest BCUT2D eigenvalue weighted by Crippen LogP contribution is -2.53. The average molecular weight is 529 g/mol. The van der Waals surface area contributed by atoms with E-state index < -0.39 is 35.7 Å². The number of hydrogen-bond donors (Lipinski definition) is 2. The Balaban J connectivity index is 2.14. The quantitative estimate of drug-likeness (QED) is 0.386. The predicted molar refractivity (Wildman–Crippen MR) is 148 cm³/mol. The van der Waals surface area contributed by atoms with Crippen LogP contribution in [0.5, 0.6) is 0 Å². The van der Waals surface area contributed by atoms with E-state index in [9.17, 15) is 14.4 Å². The van der Waals surface area contributed by atoms with Crippen LogP contribution < -0.4 is 10.6 Å². The van der Waals surface area contributed by atoms with Gasteiger partial charge in [0.15, 0.2) is 0 Å². The second kappa shape index (κ2) is 14.1. The molecular weight excluding hydrogens is 488 g/mol. The van der Waals surface area contributed by atoms with Crippen molar-refractivity contribution in [1.29, 1.82) is 0 Å². The number of alkyl carbamates (subject to hydrolysis) is 1. The van der Waals surface area contributed by atoms with Crippen LogP contribution in [0.1, 0.15) is 59.1 Å². The molecule has 0 aliphatic carbocycles. The SMILES string of the molecule is CC(C)(C)OC(=O)NC(CCc1ccccc1)C(=O)NC(CSC(C)(C)C)C(=O)OCc1ccccc1. The third kappa shape index (κ3) is 12.7. The number of nitrogens with one attached hydrogen (secondary N) is 2. The minimum Gasteiger partial charge on any atom is -0.459 e. The molecule has 0 spiro atoms. The van der Waals surface area contributed by atoms with E-state index in [0.29, 0.717) is 18.6 Å². The highest BCUT2D eigenvalue weighted by atomic mass is 32.2. The average Bonchev–Trinajstić information content (AvgIpc) is 2.82. The summed E-state index contributed by atoms with van der Waals surface area (Å²) in [5.74, 6) is -0.647. The van der Waals surface area contributed by atoms with Gasteiger partial charge in [-0.3, -0.25) is 4.79 Å². The molecule has 37 heavy (non-hydrogen) atoms. The number of rotatable bonds is 11. The fraction of sp³-hybridized carbons (Fsp3) is 0.483. The molecule has 8 heteroatoms. The van der Waals surface area contributed by atoms with Gasteiger partial charge in [-0.05, 0) is 44.7 Å². The summed E-state index contributed by atoms with van der Waals surface area (Å²) in [6.45, 7) is 11.5. The number of carbonyl (C=O) groups is 3.